The molecule has 0 radical (unpaired) electrons. The predicted octanol–water partition coefficient (Wildman–Crippen LogP) is 3.40. The van der Waals surface area contributed by atoms with E-state index in [1.807, 2.05) is 0 Å². The van der Waals surface area contributed by atoms with E-state index >= 15 is 0 Å². The van der Waals surface area contributed by atoms with Gasteiger partial charge in [0.15, 0.2) is 9.84 Å². The van der Waals surface area contributed by atoms with Crippen molar-refractivity contribution in [2.24, 2.45) is 5.92 Å². The molecule has 0 amide bonds. The fraction of sp³-hybridized carbons (Fsp3) is 0.625. The van der Waals surface area contributed by atoms with Crippen molar-refractivity contribution in [1.82, 2.24) is 0 Å². The SMILES string of the molecule is CN(CCC1CCCCC1)c1cccc(S(C)(=O)=O)c1[N+](=O)[O-]. The largest absolute Gasteiger partial charge is 0.369 e. The molecular formula is C16H24N2O4S. The van der Waals surface area contributed by atoms with Gasteiger partial charge in [-0.2, -0.15) is 0 Å². The average Bonchev–Trinajstić information content (AvgIpc) is 2.52. The molecule has 1 aromatic rings. The third kappa shape index (κ3) is 4.43. The molecule has 0 atom stereocenters. The summed E-state index contributed by atoms with van der Waals surface area (Å²) in [6.45, 7) is 0.693. The fourth-order valence-corrected chi connectivity index (χ4v) is 4.13. The van der Waals surface area contributed by atoms with Crippen LogP contribution in [0.15, 0.2) is 23.1 Å². The van der Waals surface area contributed by atoms with Crippen LogP contribution in [0.2, 0.25) is 0 Å². The smallest absolute Gasteiger partial charge is 0.311 e. The lowest BCUT2D eigenvalue weighted by Gasteiger charge is -2.25. The predicted molar refractivity (Wildman–Crippen MR) is 90.7 cm³/mol. The summed E-state index contributed by atoms with van der Waals surface area (Å²) in [4.78, 5) is 12.4. The molecule has 0 saturated heterocycles. The molecule has 0 unspecified atom stereocenters. The van der Waals surface area contributed by atoms with Crippen LogP contribution in [0.5, 0.6) is 0 Å². The van der Waals surface area contributed by atoms with Crippen LogP contribution in [0, 0.1) is 16.0 Å². The van der Waals surface area contributed by atoms with Gasteiger partial charge in [0, 0.05) is 19.8 Å². The minimum atomic E-state index is -3.64. The van der Waals surface area contributed by atoms with E-state index in [0.29, 0.717) is 18.2 Å². The van der Waals surface area contributed by atoms with Gasteiger partial charge in [-0.1, -0.05) is 38.2 Å². The number of rotatable bonds is 6. The average molecular weight is 340 g/mol. The Labute approximate surface area is 137 Å². The molecule has 0 aromatic heterocycles. The molecule has 1 aromatic carbocycles. The third-order valence-corrected chi connectivity index (χ3v) is 5.70. The van der Waals surface area contributed by atoms with Crippen molar-refractivity contribution in [2.75, 3.05) is 24.7 Å². The molecule has 7 heteroatoms. The maximum atomic E-state index is 11.8. The van der Waals surface area contributed by atoms with E-state index in [1.165, 1.54) is 38.2 Å². The van der Waals surface area contributed by atoms with Crippen LogP contribution in [-0.4, -0.2) is 33.2 Å². The van der Waals surface area contributed by atoms with E-state index in [0.717, 1.165) is 12.7 Å². The minimum Gasteiger partial charge on any atom is -0.369 e. The minimum absolute atomic E-state index is 0.218. The topological polar surface area (TPSA) is 80.5 Å². The molecule has 0 aliphatic heterocycles. The molecule has 1 aliphatic carbocycles. The van der Waals surface area contributed by atoms with Crippen molar-refractivity contribution >= 4 is 21.2 Å². The van der Waals surface area contributed by atoms with Gasteiger partial charge < -0.3 is 4.90 Å². The van der Waals surface area contributed by atoms with Gasteiger partial charge in [-0.05, 0) is 24.5 Å². The van der Waals surface area contributed by atoms with Gasteiger partial charge in [0.25, 0.3) is 0 Å². The number of para-hydroxylation sites is 1. The summed E-state index contributed by atoms with van der Waals surface area (Å²) in [7, 11) is -1.85. The van der Waals surface area contributed by atoms with Crippen LogP contribution in [-0.2, 0) is 9.84 Å². The summed E-state index contributed by atoms with van der Waals surface area (Å²) in [6.07, 6.45) is 8.25. The summed E-state index contributed by atoms with van der Waals surface area (Å²) < 4.78 is 23.6. The van der Waals surface area contributed by atoms with Crippen molar-refractivity contribution < 1.29 is 13.3 Å². The van der Waals surface area contributed by atoms with Crippen molar-refractivity contribution in [3.8, 4) is 0 Å². The van der Waals surface area contributed by atoms with E-state index in [9.17, 15) is 18.5 Å². The molecule has 2 rings (SSSR count). The van der Waals surface area contributed by atoms with Crippen LogP contribution in [0.4, 0.5) is 11.4 Å². The van der Waals surface area contributed by atoms with E-state index in [1.54, 1.807) is 24.1 Å². The Hall–Kier alpha value is -1.63. The van der Waals surface area contributed by atoms with E-state index < -0.39 is 14.8 Å². The number of sulfone groups is 1. The number of hydrogen-bond acceptors (Lipinski definition) is 5. The quantitative estimate of drug-likeness (QED) is 0.585. The second-order valence-electron chi connectivity index (χ2n) is 6.37. The molecular weight excluding hydrogens is 316 g/mol. The Morgan fingerprint density at radius 3 is 2.48 bits per heavy atom. The third-order valence-electron chi connectivity index (χ3n) is 4.57. The number of nitro groups is 1. The molecule has 128 valence electrons. The summed E-state index contributed by atoms with van der Waals surface area (Å²) in [5, 5.41) is 11.4. The van der Waals surface area contributed by atoms with Gasteiger partial charge in [-0.25, -0.2) is 8.42 Å². The van der Waals surface area contributed by atoms with Gasteiger partial charge >= 0.3 is 5.69 Å². The van der Waals surface area contributed by atoms with Gasteiger partial charge in [0.1, 0.15) is 10.6 Å². The van der Waals surface area contributed by atoms with Crippen LogP contribution >= 0.6 is 0 Å². The summed E-state index contributed by atoms with van der Waals surface area (Å²) >= 11 is 0. The van der Waals surface area contributed by atoms with Gasteiger partial charge in [0.2, 0.25) is 0 Å². The zero-order valence-corrected chi connectivity index (χ0v) is 14.5. The molecule has 1 aliphatic rings. The van der Waals surface area contributed by atoms with Crippen molar-refractivity contribution in [3.63, 3.8) is 0 Å². The van der Waals surface area contributed by atoms with Crippen LogP contribution in [0.3, 0.4) is 0 Å². The lowest BCUT2D eigenvalue weighted by Crippen LogP contribution is -2.23. The van der Waals surface area contributed by atoms with Gasteiger partial charge in [0.05, 0.1) is 4.92 Å². The van der Waals surface area contributed by atoms with Crippen molar-refractivity contribution in [1.29, 1.82) is 0 Å². The maximum absolute atomic E-state index is 11.8. The van der Waals surface area contributed by atoms with Crippen molar-refractivity contribution in [2.45, 2.75) is 43.4 Å². The Kier molecular flexibility index (Phi) is 5.62. The number of benzene rings is 1. The standard InChI is InChI=1S/C16H24N2O4S/c1-17(12-11-13-7-4-3-5-8-13)14-9-6-10-15(23(2,21)22)16(14)18(19)20/h6,9-10,13H,3-5,7-8,11-12H2,1-2H3. The first kappa shape index (κ1) is 17.7. The van der Waals surface area contributed by atoms with E-state index in [2.05, 4.69) is 0 Å². The van der Waals surface area contributed by atoms with Crippen molar-refractivity contribution in [3.05, 3.63) is 28.3 Å². The normalized spacial score (nSPS) is 16.3. The number of hydrogen-bond donors (Lipinski definition) is 0. The summed E-state index contributed by atoms with van der Waals surface area (Å²) in [6, 6.07) is 4.48. The second kappa shape index (κ2) is 7.29. The highest BCUT2D eigenvalue weighted by atomic mass is 32.2. The highest BCUT2D eigenvalue weighted by Crippen LogP contribution is 2.35. The zero-order valence-electron chi connectivity index (χ0n) is 13.7. The van der Waals surface area contributed by atoms with E-state index in [4.69, 9.17) is 0 Å². The number of nitrogens with zero attached hydrogens (tertiary/aromatic N) is 2. The lowest BCUT2D eigenvalue weighted by atomic mass is 9.87. The molecule has 0 N–H and O–H groups in total. The molecule has 23 heavy (non-hydrogen) atoms. The number of nitro benzene ring substituents is 1. The highest BCUT2D eigenvalue weighted by Gasteiger charge is 2.28. The first-order valence-corrected chi connectivity index (χ1v) is 9.88. The first-order valence-electron chi connectivity index (χ1n) is 7.99. The van der Waals surface area contributed by atoms with Crippen LogP contribution < -0.4 is 4.90 Å². The number of anilines is 1. The van der Waals surface area contributed by atoms with Gasteiger partial charge in [-0.15, -0.1) is 0 Å². The maximum Gasteiger partial charge on any atom is 0.311 e. The molecule has 0 heterocycles. The molecule has 1 saturated carbocycles. The zero-order chi connectivity index (χ0) is 17.0. The van der Waals surface area contributed by atoms with Crippen LogP contribution in [0.1, 0.15) is 38.5 Å². The summed E-state index contributed by atoms with van der Waals surface area (Å²) in [5.74, 6) is 0.670. The lowest BCUT2D eigenvalue weighted by molar-refractivity contribution is -0.387. The van der Waals surface area contributed by atoms with Gasteiger partial charge in [-0.3, -0.25) is 10.1 Å². The first-order chi connectivity index (χ1) is 10.8. The summed E-state index contributed by atoms with van der Waals surface area (Å²) in [5.41, 5.74) is 0.0508. The Balaban J connectivity index is 2.22. The highest BCUT2D eigenvalue weighted by molar-refractivity contribution is 7.90. The molecule has 0 bridgehead atoms. The fourth-order valence-electron chi connectivity index (χ4n) is 3.27. The molecule has 6 nitrogen and oxygen atoms in total. The van der Waals surface area contributed by atoms with Crippen LogP contribution in [0.25, 0.3) is 0 Å². The Morgan fingerprint density at radius 1 is 1.26 bits per heavy atom. The molecule has 1 fully saturated rings. The Morgan fingerprint density at radius 2 is 1.91 bits per heavy atom. The molecule has 0 spiro atoms. The monoisotopic (exact) mass is 340 g/mol. The van der Waals surface area contributed by atoms with E-state index in [-0.39, 0.29) is 10.6 Å². The Bertz CT molecular complexity index is 667. The second-order valence-corrected chi connectivity index (χ2v) is 8.35.